The first-order valence-electron chi connectivity index (χ1n) is 4.84. The Hall–Kier alpha value is -0.0300. The molecule has 0 aliphatic rings. The van der Waals surface area contributed by atoms with Crippen LogP contribution in [-0.4, -0.2) is 7.11 Å². The van der Waals surface area contributed by atoms with Gasteiger partial charge in [0, 0.05) is 13.8 Å². The van der Waals surface area contributed by atoms with Crippen molar-refractivity contribution >= 4 is 54.8 Å². The van der Waals surface area contributed by atoms with Crippen LogP contribution in [0.15, 0.2) is 38.6 Å². The molecule has 2 rings (SSSR count). The van der Waals surface area contributed by atoms with E-state index >= 15 is 0 Å². The monoisotopic (exact) mass is 394 g/mol. The third-order valence-corrected chi connectivity index (χ3v) is 5.56. The highest BCUT2D eigenvalue weighted by molar-refractivity contribution is 9.10. The zero-order chi connectivity index (χ0) is 12.4. The Morgan fingerprint density at radius 1 is 1.24 bits per heavy atom. The van der Waals surface area contributed by atoms with Crippen LogP contribution in [0, 0.1) is 0 Å². The van der Waals surface area contributed by atoms with Crippen LogP contribution >= 0.6 is 54.8 Å². The van der Waals surface area contributed by atoms with Gasteiger partial charge in [-0.3, -0.25) is 0 Å². The summed E-state index contributed by atoms with van der Waals surface area (Å²) in [4.78, 5) is 1.11. The molecule has 0 spiro atoms. The molecule has 90 valence electrons. The Morgan fingerprint density at radius 3 is 2.53 bits per heavy atom. The van der Waals surface area contributed by atoms with Gasteiger partial charge >= 0.3 is 0 Å². The number of hydrogen-bond donors (Lipinski definition) is 0. The molecule has 0 aliphatic carbocycles. The lowest BCUT2D eigenvalue weighted by molar-refractivity contribution is 0.414. The van der Waals surface area contributed by atoms with E-state index in [0.717, 1.165) is 25.1 Å². The molecule has 0 radical (unpaired) electrons. The van der Waals surface area contributed by atoms with Crippen LogP contribution in [0.4, 0.5) is 0 Å². The fraction of sp³-hybridized carbons (Fsp3) is 0.167. The van der Waals surface area contributed by atoms with Crippen LogP contribution in [0.1, 0.15) is 15.8 Å². The second-order valence-electron chi connectivity index (χ2n) is 3.38. The van der Waals surface area contributed by atoms with Gasteiger partial charge in [0.05, 0.1) is 12.5 Å². The fourth-order valence-electron chi connectivity index (χ4n) is 1.47. The van der Waals surface area contributed by atoms with Gasteiger partial charge in [-0.2, -0.15) is 0 Å². The van der Waals surface area contributed by atoms with Crippen LogP contribution in [0.3, 0.4) is 0 Å². The predicted molar refractivity (Wildman–Crippen MR) is 80.4 cm³/mol. The summed E-state index contributed by atoms with van der Waals surface area (Å²) in [5, 5.41) is 1.86. The lowest BCUT2D eigenvalue weighted by Crippen LogP contribution is -1.93. The fourth-order valence-corrected chi connectivity index (χ4v) is 4.37. The minimum Gasteiger partial charge on any atom is -0.497 e. The van der Waals surface area contributed by atoms with Crippen LogP contribution in [-0.2, 0) is 0 Å². The molecular weight excluding hydrogens is 387 g/mol. The molecule has 0 aliphatic heterocycles. The van der Waals surface area contributed by atoms with Crippen molar-refractivity contribution in [3.05, 3.63) is 49.0 Å². The molecule has 0 amide bonds. The topological polar surface area (TPSA) is 9.23 Å². The highest BCUT2D eigenvalue weighted by atomic mass is 79.9. The molecular formula is C12H9Br2ClOS. The van der Waals surface area contributed by atoms with Crippen LogP contribution in [0.25, 0.3) is 0 Å². The number of alkyl halides is 1. The Bertz CT molecular complexity index is 527. The number of hydrogen-bond acceptors (Lipinski definition) is 2. The number of ether oxygens (including phenoxy) is 1. The minimum atomic E-state index is -0.162. The summed E-state index contributed by atoms with van der Waals surface area (Å²) in [5.41, 5.74) is 1.04. The maximum atomic E-state index is 6.49. The van der Waals surface area contributed by atoms with Gasteiger partial charge in [0.2, 0.25) is 0 Å². The molecule has 1 nitrogen and oxygen atoms in total. The van der Waals surface area contributed by atoms with Gasteiger partial charge in [-0.25, -0.2) is 0 Å². The van der Waals surface area contributed by atoms with Crippen molar-refractivity contribution in [2.24, 2.45) is 0 Å². The van der Waals surface area contributed by atoms with E-state index in [4.69, 9.17) is 16.3 Å². The molecule has 1 aromatic carbocycles. The number of benzene rings is 1. The maximum Gasteiger partial charge on any atom is 0.120 e. The van der Waals surface area contributed by atoms with E-state index < -0.39 is 0 Å². The van der Waals surface area contributed by atoms with Crippen molar-refractivity contribution < 1.29 is 4.74 Å². The zero-order valence-electron chi connectivity index (χ0n) is 8.91. The maximum absolute atomic E-state index is 6.49. The van der Waals surface area contributed by atoms with Crippen LogP contribution < -0.4 is 4.74 Å². The van der Waals surface area contributed by atoms with Crippen molar-refractivity contribution in [3.8, 4) is 5.75 Å². The van der Waals surface area contributed by atoms with E-state index in [9.17, 15) is 0 Å². The second-order valence-corrected chi connectivity index (χ2v) is 6.48. The zero-order valence-corrected chi connectivity index (χ0v) is 13.7. The van der Waals surface area contributed by atoms with E-state index in [1.54, 1.807) is 18.4 Å². The molecule has 1 aromatic heterocycles. The van der Waals surface area contributed by atoms with Crippen LogP contribution in [0.2, 0.25) is 0 Å². The van der Waals surface area contributed by atoms with Crippen molar-refractivity contribution in [3.63, 3.8) is 0 Å². The highest BCUT2D eigenvalue weighted by Gasteiger charge is 2.18. The van der Waals surface area contributed by atoms with Crippen molar-refractivity contribution in [1.29, 1.82) is 0 Å². The normalized spacial score (nSPS) is 12.5. The van der Waals surface area contributed by atoms with E-state index in [-0.39, 0.29) is 5.38 Å². The Kier molecular flexibility index (Phi) is 4.53. The van der Waals surface area contributed by atoms with Crippen LogP contribution in [0.5, 0.6) is 5.75 Å². The molecule has 0 saturated heterocycles. The van der Waals surface area contributed by atoms with Gasteiger partial charge < -0.3 is 4.74 Å². The SMILES string of the molecule is COc1ccc(C(Cl)c2sccc2Br)c(Br)c1. The standard InChI is InChI=1S/C12H9Br2ClOS/c1-16-7-2-3-8(10(14)6-7)11(15)12-9(13)4-5-17-12/h2-6,11H,1H3. The smallest absolute Gasteiger partial charge is 0.120 e. The van der Waals surface area contributed by atoms with E-state index in [2.05, 4.69) is 31.9 Å². The summed E-state index contributed by atoms with van der Waals surface area (Å²) in [6, 6.07) is 7.82. The van der Waals surface area contributed by atoms with Gasteiger partial charge in [-0.15, -0.1) is 22.9 Å². The predicted octanol–water partition coefficient (Wildman–Crippen LogP) is 5.61. The first-order valence-corrected chi connectivity index (χ1v) is 7.74. The van der Waals surface area contributed by atoms with Gasteiger partial charge in [0.1, 0.15) is 5.75 Å². The first kappa shape index (κ1) is 13.4. The molecule has 1 heterocycles. The van der Waals surface area contributed by atoms with E-state index in [1.165, 1.54) is 0 Å². The van der Waals surface area contributed by atoms with Crippen molar-refractivity contribution in [2.75, 3.05) is 7.11 Å². The van der Waals surface area contributed by atoms with E-state index in [1.807, 2.05) is 29.6 Å². The average Bonchev–Trinajstić information content (AvgIpc) is 2.74. The molecule has 5 heteroatoms. The largest absolute Gasteiger partial charge is 0.497 e. The summed E-state index contributed by atoms with van der Waals surface area (Å²) in [7, 11) is 1.65. The highest BCUT2D eigenvalue weighted by Crippen LogP contribution is 2.40. The molecule has 17 heavy (non-hydrogen) atoms. The molecule has 0 saturated carbocycles. The lowest BCUT2D eigenvalue weighted by Gasteiger charge is -2.12. The Morgan fingerprint density at radius 2 is 2.00 bits per heavy atom. The van der Waals surface area contributed by atoms with Gasteiger partial charge in [0.25, 0.3) is 0 Å². The summed E-state index contributed by atoms with van der Waals surface area (Å²) >= 11 is 15.2. The van der Waals surface area contributed by atoms with Crippen molar-refractivity contribution in [2.45, 2.75) is 5.38 Å². The summed E-state index contributed by atoms with van der Waals surface area (Å²) < 4.78 is 7.17. The number of halogens is 3. The summed E-state index contributed by atoms with van der Waals surface area (Å²) in [6.45, 7) is 0. The first-order chi connectivity index (χ1) is 8.13. The number of thiophene rings is 1. The van der Waals surface area contributed by atoms with Gasteiger partial charge in [0.15, 0.2) is 0 Å². The molecule has 0 fully saturated rings. The number of rotatable bonds is 3. The molecule has 0 bridgehead atoms. The average molecular weight is 397 g/mol. The van der Waals surface area contributed by atoms with E-state index in [0.29, 0.717) is 0 Å². The van der Waals surface area contributed by atoms with Gasteiger partial charge in [-0.1, -0.05) is 22.0 Å². The molecule has 0 N–H and O–H groups in total. The summed E-state index contributed by atoms with van der Waals surface area (Å²) in [5.74, 6) is 0.815. The summed E-state index contributed by atoms with van der Waals surface area (Å²) in [6.07, 6.45) is 0. The second kappa shape index (κ2) is 5.74. The quantitative estimate of drug-likeness (QED) is 0.613. The third-order valence-electron chi connectivity index (χ3n) is 2.36. The molecule has 2 aromatic rings. The molecule has 1 atom stereocenters. The van der Waals surface area contributed by atoms with Gasteiger partial charge in [-0.05, 0) is 45.1 Å². The third kappa shape index (κ3) is 2.87. The Labute approximate surface area is 126 Å². The minimum absolute atomic E-state index is 0.162. The lowest BCUT2D eigenvalue weighted by atomic mass is 10.1. The number of methoxy groups -OCH3 is 1. The Balaban J connectivity index is 2.38. The van der Waals surface area contributed by atoms with Crippen molar-refractivity contribution in [1.82, 2.24) is 0 Å². The molecule has 1 unspecified atom stereocenters.